The van der Waals surface area contributed by atoms with Gasteiger partial charge in [-0.15, -0.1) is 0 Å². The number of nitrogens with zero attached hydrogens (tertiary/aromatic N) is 3. The minimum Gasteiger partial charge on any atom is -0.319 e. The lowest BCUT2D eigenvalue weighted by Gasteiger charge is -2.09. The third-order valence-corrected chi connectivity index (χ3v) is 3.96. The molecular weight excluding hydrogens is 295 g/mol. The number of fused-ring (bicyclic) bond motifs is 1. The summed E-state index contributed by atoms with van der Waals surface area (Å²) in [7, 11) is 1.83. The highest BCUT2D eigenvalue weighted by Crippen LogP contribution is 2.22. The Labute approximate surface area is 133 Å². The molecule has 1 N–H and O–H groups in total. The minimum atomic E-state index is -0.344. The van der Waals surface area contributed by atoms with Gasteiger partial charge in [0, 0.05) is 18.5 Å². The van der Waals surface area contributed by atoms with E-state index in [1.807, 2.05) is 20.9 Å². The fraction of sp³-hybridized carbons (Fsp3) is 0.235. The van der Waals surface area contributed by atoms with Gasteiger partial charge in [0.25, 0.3) is 5.91 Å². The van der Waals surface area contributed by atoms with Gasteiger partial charge in [-0.3, -0.25) is 14.5 Å². The van der Waals surface area contributed by atoms with E-state index >= 15 is 0 Å². The molecule has 0 bridgehead atoms. The molecular formula is C17H17FN4O. The first-order chi connectivity index (χ1) is 10.9. The van der Waals surface area contributed by atoms with Crippen molar-refractivity contribution >= 4 is 22.5 Å². The molecule has 1 aromatic carbocycles. The Morgan fingerprint density at radius 2 is 1.91 bits per heavy atom. The quantitative estimate of drug-likeness (QED) is 0.790. The molecule has 2 aromatic heterocycles. The number of rotatable bonds is 2. The van der Waals surface area contributed by atoms with Crippen LogP contribution in [0.3, 0.4) is 0 Å². The summed E-state index contributed by atoms with van der Waals surface area (Å²) in [6.07, 6.45) is 0. The Balaban J connectivity index is 2.00. The fourth-order valence-corrected chi connectivity index (χ4v) is 2.60. The van der Waals surface area contributed by atoms with Crippen molar-refractivity contribution in [3.05, 3.63) is 52.7 Å². The van der Waals surface area contributed by atoms with Gasteiger partial charge in [-0.25, -0.2) is 4.39 Å². The number of benzene rings is 1. The zero-order valence-electron chi connectivity index (χ0n) is 13.4. The molecule has 0 spiro atoms. The van der Waals surface area contributed by atoms with Crippen LogP contribution in [0.25, 0.3) is 10.9 Å². The first kappa shape index (κ1) is 15.1. The summed E-state index contributed by atoms with van der Waals surface area (Å²) in [5, 5.41) is 7.90. The van der Waals surface area contributed by atoms with Gasteiger partial charge >= 0.3 is 0 Å². The molecule has 23 heavy (non-hydrogen) atoms. The second-order valence-electron chi connectivity index (χ2n) is 5.58. The van der Waals surface area contributed by atoms with Crippen molar-refractivity contribution in [3.63, 3.8) is 0 Å². The second-order valence-corrected chi connectivity index (χ2v) is 5.58. The van der Waals surface area contributed by atoms with E-state index < -0.39 is 0 Å². The van der Waals surface area contributed by atoms with E-state index in [0.717, 1.165) is 16.8 Å². The summed E-state index contributed by atoms with van der Waals surface area (Å²) < 4.78 is 15.0. The van der Waals surface area contributed by atoms with E-state index in [9.17, 15) is 9.18 Å². The van der Waals surface area contributed by atoms with Crippen molar-refractivity contribution in [1.29, 1.82) is 0 Å². The predicted molar refractivity (Wildman–Crippen MR) is 87.1 cm³/mol. The third kappa shape index (κ3) is 2.67. The first-order valence-electron chi connectivity index (χ1n) is 7.25. The third-order valence-electron chi connectivity index (χ3n) is 3.96. The van der Waals surface area contributed by atoms with Gasteiger partial charge in [0.05, 0.1) is 33.8 Å². The molecule has 0 aliphatic heterocycles. The maximum Gasteiger partial charge on any atom is 0.257 e. The van der Waals surface area contributed by atoms with E-state index in [-0.39, 0.29) is 11.7 Å². The number of aryl methyl sites for hydroxylation is 3. The summed E-state index contributed by atoms with van der Waals surface area (Å²) in [5.74, 6) is -0.594. The number of anilines is 1. The van der Waals surface area contributed by atoms with E-state index in [2.05, 4.69) is 15.4 Å². The Morgan fingerprint density at radius 1 is 1.17 bits per heavy atom. The molecule has 0 unspecified atom stereocenters. The molecule has 0 radical (unpaired) electrons. The van der Waals surface area contributed by atoms with Gasteiger partial charge in [-0.05, 0) is 39.0 Å². The van der Waals surface area contributed by atoms with Gasteiger partial charge in [-0.2, -0.15) is 5.10 Å². The molecule has 3 aromatic rings. The molecule has 0 saturated heterocycles. The summed E-state index contributed by atoms with van der Waals surface area (Å²) >= 11 is 0. The Kier molecular flexibility index (Phi) is 3.60. The number of carbonyl (C=O) groups is 1. The van der Waals surface area contributed by atoms with Gasteiger partial charge in [0.2, 0.25) is 0 Å². The zero-order chi connectivity index (χ0) is 16.7. The molecule has 0 atom stereocenters. The highest BCUT2D eigenvalue weighted by Gasteiger charge is 2.16. The van der Waals surface area contributed by atoms with Crippen LogP contribution in [0.2, 0.25) is 0 Å². The first-order valence-corrected chi connectivity index (χ1v) is 7.25. The largest absolute Gasteiger partial charge is 0.319 e. The minimum absolute atomic E-state index is 0.250. The van der Waals surface area contributed by atoms with Crippen molar-refractivity contribution < 1.29 is 9.18 Å². The summed E-state index contributed by atoms with van der Waals surface area (Å²) in [4.78, 5) is 16.9. The van der Waals surface area contributed by atoms with Gasteiger partial charge < -0.3 is 5.32 Å². The van der Waals surface area contributed by atoms with E-state index in [1.165, 1.54) is 12.1 Å². The van der Waals surface area contributed by atoms with Crippen molar-refractivity contribution in [1.82, 2.24) is 14.8 Å². The number of carbonyl (C=O) groups excluding carboxylic acids is 1. The number of aromatic nitrogens is 3. The Hall–Kier alpha value is -2.76. The average Bonchev–Trinajstić information content (AvgIpc) is 2.72. The molecule has 2 heterocycles. The molecule has 1 amide bonds. The number of hydrogen-bond donors (Lipinski definition) is 1. The highest BCUT2D eigenvalue weighted by atomic mass is 19.1. The van der Waals surface area contributed by atoms with Gasteiger partial charge in [0.15, 0.2) is 0 Å². The molecule has 6 heteroatoms. The lowest BCUT2D eigenvalue weighted by Crippen LogP contribution is -2.15. The zero-order valence-corrected chi connectivity index (χ0v) is 13.4. The Morgan fingerprint density at radius 3 is 2.57 bits per heavy atom. The molecule has 0 fully saturated rings. The van der Waals surface area contributed by atoms with Crippen LogP contribution in [-0.2, 0) is 7.05 Å². The number of nitrogens with one attached hydrogen (secondary N) is 1. The second kappa shape index (κ2) is 5.46. The smallest absolute Gasteiger partial charge is 0.257 e. The van der Waals surface area contributed by atoms with Crippen LogP contribution in [-0.4, -0.2) is 20.7 Å². The SMILES string of the molecule is Cc1nc2cc(F)ccc2cc1C(=O)Nc1c(C)nn(C)c1C. The van der Waals surface area contributed by atoms with Crippen molar-refractivity contribution in [3.8, 4) is 0 Å². The van der Waals surface area contributed by atoms with Crippen LogP contribution >= 0.6 is 0 Å². The summed E-state index contributed by atoms with van der Waals surface area (Å²) in [6.45, 7) is 5.48. The molecule has 0 aliphatic rings. The van der Waals surface area contributed by atoms with Crippen molar-refractivity contribution in [2.45, 2.75) is 20.8 Å². The highest BCUT2D eigenvalue weighted by molar-refractivity contribution is 6.07. The van der Waals surface area contributed by atoms with Crippen LogP contribution in [0.4, 0.5) is 10.1 Å². The van der Waals surface area contributed by atoms with E-state index in [1.54, 1.807) is 23.7 Å². The number of halogens is 1. The molecule has 5 nitrogen and oxygen atoms in total. The lowest BCUT2D eigenvalue weighted by atomic mass is 10.1. The summed E-state index contributed by atoms with van der Waals surface area (Å²) in [5.41, 5.74) is 3.89. The maximum absolute atomic E-state index is 13.3. The summed E-state index contributed by atoms with van der Waals surface area (Å²) in [6, 6.07) is 6.07. The number of hydrogen-bond acceptors (Lipinski definition) is 3. The van der Waals surface area contributed by atoms with Crippen LogP contribution in [0, 0.1) is 26.6 Å². The molecule has 3 rings (SSSR count). The van der Waals surface area contributed by atoms with Crippen molar-refractivity contribution in [2.75, 3.05) is 5.32 Å². The fourth-order valence-electron chi connectivity index (χ4n) is 2.60. The topological polar surface area (TPSA) is 59.8 Å². The van der Waals surface area contributed by atoms with Crippen LogP contribution < -0.4 is 5.32 Å². The average molecular weight is 312 g/mol. The van der Waals surface area contributed by atoms with E-state index in [4.69, 9.17) is 0 Å². The normalized spacial score (nSPS) is 11.0. The maximum atomic E-state index is 13.3. The number of amides is 1. The lowest BCUT2D eigenvalue weighted by molar-refractivity contribution is 0.102. The molecule has 0 saturated carbocycles. The van der Waals surface area contributed by atoms with E-state index in [0.29, 0.717) is 22.5 Å². The molecule has 0 aliphatic carbocycles. The van der Waals surface area contributed by atoms with Crippen LogP contribution in [0.1, 0.15) is 27.4 Å². The predicted octanol–water partition coefficient (Wildman–Crippen LogP) is 3.28. The van der Waals surface area contributed by atoms with Crippen LogP contribution in [0.5, 0.6) is 0 Å². The number of pyridine rings is 1. The Bertz CT molecular complexity index is 930. The van der Waals surface area contributed by atoms with Gasteiger partial charge in [0.1, 0.15) is 5.82 Å². The van der Waals surface area contributed by atoms with Crippen LogP contribution in [0.15, 0.2) is 24.3 Å². The monoisotopic (exact) mass is 312 g/mol. The van der Waals surface area contributed by atoms with Crippen molar-refractivity contribution in [2.24, 2.45) is 7.05 Å². The standard InChI is InChI=1S/C17H17FN4O/c1-9-14(7-12-5-6-13(18)8-15(12)19-9)17(23)20-16-10(2)21-22(4)11(16)3/h5-8H,1-4H3,(H,20,23). The molecule has 118 valence electrons. The van der Waals surface area contributed by atoms with Gasteiger partial charge in [-0.1, -0.05) is 0 Å².